The van der Waals surface area contributed by atoms with Gasteiger partial charge in [0, 0.05) is 33.3 Å². The van der Waals surface area contributed by atoms with E-state index in [0.717, 1.165) is 25.7 Å². The van der Waals surface area contributed by atoms with E-state index in [-0.39, 0.29) is 31.3 Å². The fourth-order valence-corrected chi connectivity index (χ4v) is 2.49. The van der Waals surface area contributed by atoms with Gasteiger partial charge >= 0.3 is 6.09 Å². The summed E-state index contributed by atoms with van der Waals surface area (Å²) in [6.07, 6.45) is 2.77. The number of hydrogen-bond acceptors (Lipinski definition) is 4. The average Bonchev–Trinajstić information content (AvgIpc) is 2.49. The molecule has 7 heteroatoms. The van der Waals surface area contributed by atoms with Gasteiger partial charge < -0.3 is 24.7 Å². The van der Waals surface area contributed by atoms with Crippen LogP contribution in [0.1, 0.15) is 32.1 Å². The van der Waals surface area contributed by atoms with Crippen molar-refractivity contribution in [3.8, 4) is 0 Å². The predicted octanol–water partition coefficient (Wildman–Crippen LogP) is 0.765. The van der Waals surface area contributed by atoms with Gasteiger partial charge in [-0.05, 0) is 32.1 Å². The van der Waals surface area contributed by atoms with Gasteiger partial charge in [-0.3, -0.25) is 4.79 Å². The van der Waals surface area contributed by atoms with Crippen molar-refractivity contribution in [1.82, 2.24) is 9.80 Å². The first-order valence-electron chi connectivity index (χ1n) is 7.38. The highest BCUT2D eigenvalue weighted by atomic mass is 16.5. The molecule has 21 heavy (non-hydrogen) atoms. The molecule has 0 bridgehead atoms. The Hall–Kier alpha value is -1.34. The van der Waals surface area contributed by atoms with Crippen LogP contribution in [-0.2, 0) is 9.53 Å². The fraction of sp³-hybridized carbons (Fsp3) is 0.857. The molecule has 0 unspecified atom stereocenters. The van der Waals surface area contributed by atoms with E-state index >= 15 is 0 Å². The van der Waals surface area contributed by atoms with Crippen LogP contribution in [0.25, 0.3) is 0 Å². The molecule has 0 heterocycles. The molecule has 1 aliphatic carbocycles. The van der Waals surface area contributed by atoms with Crippen molar-refractivity contribution in [3.63, 3.8) is 0 Å². The molecule has 0 saturated heterocycles. The normalized spacial score (nSPS) is 21.9. The third-order valence-electron chi connectivity index (χ3n) is 4.01. The van der Waals surface area contributed by atoms with E-state index in [9.17, 15) is 9.59 Å². The van der Waals surface area contributed by atoms with Gasteiger partial charge in [0.1, 0.15) is 6.61 Å². The van der Waals surface area contributed by atoms with Crippen LogP contribution in [0.2, 0.25) is 0 Å². The zero-order valence-corrected chi connectivity index (χ0v) is 12.8. The van der Waals surface area contributed by atoms with Crippen molar-refractivity contribution in [1.29, 1.82) is 0 Å². The van der Waals surface area contributed by atoms with Crippen molar-refractivity contribution >= 4 is 12.0 Å². The summed E-state index contributed by atoms with van der Waals surface area (Å²) < 4.78 is 5.61. The molecular formula is C14H26N2O5. The van der Waals surface area contributed by atoms with Crippen LogP contribution in [-0.4, -0.2) is 78.0 Å². The van der Waals surface area contributed by atoms with E-state index in [0.29, 0.717) is 13.0 Å². The smallest absolute Gasteiger partial charge is 0.407 e. The Morgan fingerprint density at radius 1 is 1.19 bits per heavy atom. The maximum absolute atomic E-state index is 11.8. The first-order chi connectivity index (χ1) is 9.95. The van der Waals surface area contributed by atoms with E-state index in [1.807, 2.05) is 0 Å². The maximum Gasteiger partial charge on any atom is 0.407 e. The van der Waals surface area contributed by atoms with Crippen molar-refractivity contribution in [3.05, 3.63) is 0 Å². The summed E-state index contributed by atoms with van der Waals surface area (Å²) in [5.41, 5.74) is 0. The summed E-state index contributed by atoms with van der Waals surface area (Å²) in [4.78, 5) is 25.6. The lowest BCUT2D eigenvalue weighted by Gasteiger charge is -2.33. The molecule has 1 rings (SSSR count). The monoisotopic (exact) mass is 302 g/mol. The highest BCUT2D eigenvalue weighted by Crippen LogP contribution is 2.24. The molecule has 0 atom stereocenters. The molecule has 7 nitrogen and oxygen atoms in total. The van der Waals surface area contributed by atoms with E-state index in [1.165, 1.54) is 4.90 Å². The van der Waals surface area contributed by atoms with Crippen LogP contribution in [0, 0.1) is 0 Å². The van der Waals surface area contributed by atoms with E-state index in [2.05, 4.69) is 0 Å². The number of rotatable bonds is 7. The average molecular weight is 302 g/mol. The molecule has 1 saturated carbocycles. The number of aliphatic hydroxyl groups excluding tert-OH is 1. The van der Waals surface area contributed by atoms with Gasteiger partial charge in [-0.15, -0.1) is 0 Å². The van der Waals surface area contributed by atoms with Crippen LogP contribution < -0.4 is 0 Å². The summed E-state index contributed by atoms with van der Waals surface area (Å²) in [6.45, 7) is 0.639. The largest absolute Gasteiger partial charge is 0.465 e. The summed E-state index contributed by atoms with van der Waals surface area (Å²) in [6, 6.07) is 0.0466. The van der Waals surface area contributed by atoms with Gasteiger partial charge in [-0.2, -0.15) is 0 Å². The van der Waals surface area contributed by atoms with Crippen LogP contribution in [0.4, 0.5) is 4.79 Å². The van der Waals surface area contributed by atoms with Crippen LogP contribution >= 0.6 is 0 Å². The summed E-state index contributed by atoms with van der Waals surface area (Å²) >= 11 is 0. The first kappa shape index (κ1) is 17.7. The van der Waals surface area contributed by atoms with Crippen molar-refractivity contribution in [2.24, 2.45) is 0 Å². The Morgan fingerprint density at radius 2 is 1.81 bits per heavy atom. The van der Waals surface area contributed by atoms with Gasteiger partial charge in [-0.25, -0.2) is 4.79 Å². The van der Waals surface area contributed by atoms with Gasteiger partial charge in [0.05, 0.1) is 6.10 Å². The number of carboxylic acid groups (broad SMARTS) is 1. The number of aliphatic hydroxyl groups is 1. The Kier molecular flexibility index (Phi) is 7.45. The van der Waals surface area contributed by atoms with Crippen molar-refractivity contribution in [2.75, 3.05) is 33.9 Å². The molecule has 0 aromatic heterocycles. The number of amides is 2. The van der Waals surface area contributed by atoms with Gasteiger partial charge in [-0.1, -0.05) is 0 Å². The minimum Gasteiger partial charge on any atom is -0.465 e. The van der Waals surface area contributed by atoms with E-state index in [4.69, 9.17) is 14.9 Å². The fourth-order valence-electron chi connectivity index (χ4n) is 2.49. The van der Waals surface area contributed by atoms with Crippen molar-refractivity contribution < 1.29 is 24.5 Å². The maximum atomic E-state index is 11.8. The first-order valence-corrected chi connectivity index (χ1v) is 7.38. The lowest BCUT2D eigenvalue weighted by atomic mass is 9.92. The third kappa shape index (κ3) is 5.89. The number of nitrogens with zero attached hydrogens (tertiary/aromatic N) is 2. The SMILES string of the molecule is CN(CCCO)C(=O)COC1CCC(N(C)C(=O)O)CC1. The molecule has 0 aromatic rings. The number of carbonyl (C=O) groups is 2. The highest BCUT2D eigenvalue weighted by molar-refractivity contribution is 5.77. The second-order valence-corrected chi connectivity index (χ2v) is 5.53. The van der Waals surface area contributed by atoms with Crippen LogP contribution in [0.15, 0.2) is 0 Å². The Balaban J connectivity index is 2.24. The molecule has 0 radical (unpaired) electrons. The van der Waals surface area contributed by atoms with Gasteiger partial charge in [0.15, 0.2) is 0 Å². The molecular weight excluding hydrogens is 276 g/mol. The summed E-state index contributed by atoms with van der Waals surface area (Å²) in [7, 11) is 3.29. The lowest BCUT2D eigenvalue weighted by molar-refractivity contribution is -0.137. The summed E-state index contributed by atoms with van der Waals surface area (Å²) in [5.74, 6) is -0.0896. The Labute approximate surface area is 125 Å². The molecule has 122 valence electrons. The predicted molar refractivity (Wildman–Crippen MR) is 77.1 cm³/mol. The Morgan fingerprint density at radius 3 is 2.33 bits per heavy atom. The lowest BCUT2D eigenvalue weighted by Crippen LogP contribution is -2.40. The second-order valence-electron chi connectivity index (χ2n) is 5.53. The quantitative estimate of drug-likeness (QED) is 0.725. The van der Waals surface area contributed by atoms with Crippen LogP contribution in [0.5, 0.6) is 0 Å². The molecule has 0 aromatic carbocycles. The molecule has 0 spiro atoms. The zero-order chi connectivity index (χ0) is 15.8. The summed E-state index contributed by atoms with van der Waals surface area (Å²) in [5, 5.41) is 17.7. The number of hydrogen-bond donors (Lipinski definition) is 2. The number of ether oxygens (including phenoxy) is 1. The minimum atomic E-state index is -0.903. The second kappa shape index (κ2) is 8.84. The van der Waals surface area contributed by atoms with E-state index in [1.54, 1.807) is 19.0 Å². The topological polar surface area (TPSA) is 90.3 Å². The van der Waals surface area contributed by atoms with E-state index < -0.39 is 6.09 Å². The minimum absolute atomic E-state index is 0.0265. The van der Waals surface area contributed by atoms with Crippen molar-refractivity contribution in [2.45, 2.75) is 44.2 Å². The zero-order valence-electron chi connectivity index (χ0n) is 12.8. The number of likely N-dealkylation sites (N-methyl/N-ethyl adjacent to an activating group) is 1. The van der Waals surface area contributed by atoms with Crippen LogP contribution in [0.3, 0.4) is 0 Å². The molecule has 1 aliphatic rings. The molecule has 2 amide bonds. The third-order valence-corrected chi connectivity index (χ3v) is 4.01. The molecule has 1 fully saturated rings. The molecule has 2 N–H and O–H groups in total. The standard InChI is InChI=1S/C14H26N2O5/c1-15(8-3-9-17)13(18)10-21-12-6-4-11(5-7-12)16(2)14(19)20/h11-12,17H,3-10H2,1-2H3,(H,19,20). The number of carbonyl (C=O) groups excluding carboxylic acids is 1. The Bertz CT molecular complexity index is 342. The highest BCUT2D eigenvalue weighted by Gasteiger charge is 2.27. The molecule has 0 aliphatic heterocycles. The van der Waals surface area contributed by atoms with Gasteiger partial charge in [0.25, 0.3) is 0 Å². The van der Waals surface area contributed by atoms with Gasteiger partial charge in [0.2, 0.25) is 5.91 Å².